The van der Waals surface area contributed by atoms with Crippen LogP contribution in [0.4, 0.5) is 5.69 Å². The third-order valence-electron chi connectivity index (χ3n) is 2.89. The van der Waals surface area contributed by atoms with Crippen molar-refractivity contribution in [2.45, 2.75) is 39.0 Å². The summed E-state index contributed by atoms with van der Waals surface area (Å²) in [5, 5.41) is 14.1. The van der Waals surface area contributed by atoms with Crippen molar-refractivity contribution >= 4 is 17.4 Å². The molecule has 0 aliphatic heterocycles. The van der Waals surface area contributed by atoms with Gasteiger partial charge in [-0.3, -0.25) is 4.79 Å². The Morgan fingerprint density at radius 3 is 2.90 bits per heavy atom. The fourth-order valence-corrected chi connectivity index (χ4v) is 1.79. The summed E-state index contributed by atoms with van der Waals surface area (Å²) in [4.78, 5) is 11.8. The lowest BCUT2D eigenvalue weighted by molar-refractivity contribution is -0.116. The molecule has 1 aromatic carbocycles. The number of nitrogens with two attached hydrogens (primary N) is 1. The highest BCUT2D eigenvalue weighted by Gasteiger charge is 2.04. The summed E-state index contributed by atoms with van der Waals surface area (Å²) < 4.78 is 5.33. The fraction of sp³-hybridized carbons (Fsp3) is 0.467. The lowest BCUT2D eigenvalue weighted by Gasteiger charge is -2.08. The normalized spacial score (nSPS) is 11.2. The van der Waals surface area contributed by atoms with Crippen LogP contribution in [0.15, 0.2) is 29.4 Å². The molecule has 0 atom stereocenters. The Morgan fingerprint density at radius 1 is 1.38 bits per heavy atom. The first kappa shape index (κ1) is 16.8. The van der Waals surface area contributed by atoms with Crippen LogP contribution in [0.3, 0.4) is 0 Å². The van der Waals surface area contributed by atoms with Crippen LogP contribution in [0.1, 0.15) is 39.0 Å². The van der Waals surface area contributed by atoms with E-state index in [1.807, 2.05) is 0 Å². The van der Waals surface area contributed by atoms with Crippen molar-refractivity contribution in [1.29, 1.82) is 0 Å². The van der Waals surface area contributed by atoms with Gasteiger partial charge in [-0.25, -0.2) is 0 Å². The van der Waals surface area contributed by atoms with Crippen molar-refractivity contribution in [3.05, 3.63) is 24.3 Å². The minimum absolute atomic E-state index is 0.000289. The van der Waals surface area contributed by atoms with Crippen LogP contribution in [0.5, 0.6) is 5.75 Å². The highest BCUT2D eigenvalue weighted by Crippen LogP contribution is 2.17. The summed E-state index contributed by atoms with van der Waals surface area (Å²) in [6, 6.07) is 7.00. The van der Waals surface area contributed by atoms with E-state index in [1.54, 1.807) is 24.3 Å². The van der Waals surface area contributed by atoms with E-state index in [0.717, 1.165) is 25.7 Å². The second-order valence-electron chi connectivity index (χ2n) is 4.77. The quantitative estimate of drug-likeness (QED) is 0.214. The van der Waals surface area contributed by atoms with Crippen molar-refractivity contribution in [1.82, 2.24) is 0 Å². The Morgan fingerprint density at radius 2 is 2.19 bits per heavy atom. The zero-order valence-electron chi connectivity index (χ0n) is 12.3. The first-order chi connectivity index (χ1) is 10.2. The Hall–Kier alpha value is -2.24. The highest BCUT2D eigenvalue weighted by molar-refractivity contribution is 5.90. The fourth-order valence-electron chi connectivity index (χ4n) is 1.79. The number of benzene rings is 1. The van der Waals surface area contributed by atoms with Crippen molar-refractivity contribution in [2.24, 2.45) is 10.9 Å². The Kier molecular flexibility index (Phi) is 7.71. The van der Waals surface area contributed by atoms with Crippen molar-refractivity contribution in [3.63, 3.8) is 0 Å². The molecule has 0 spiro atoms. The summed E-state index contributed by atoms with van der Waals surface area (Å²) in [5.74, 6) is 0.533. The predicted octanol–water partition coefficient (Wildman–Crippen LogP) is 2.72. The molecule has 0 saturated carbocycles. The predicted molar refractivity (Wildman–Crippen MR) is 82.7 cm³/mol. The van der Waals surface area contributed by atoms with E-state index in [-0.39, 0.29) is 18.3 Å². The van der Waals surface area contributed by atoms with Crippen LogP contribution in [0.2, 0.25) is 0 Å². The monoisotopic (exact) mass is 293 g/mol. The molecule has 4 N–H and O–H groups in total. The molecule has 0 saturated heterocycles. The Balaban J connectivity index is 2.43. The zero-order valence-corrected chi connectivity index (χ0v) is 12.3. The molecule has 1 amide bonds. The molecule has 0 radical (unpaired) electrons. The molecular formula is C15H23N3O3. The highest BCUT2D eigenvalue weighted by atomic mass is 16.5. The number of anilines is 1. The number of carbonyl (C=O) groups excluding carboxylic acids is 1. The van der Waals surface area contributed by atoms with Gasteiger partial charge in [0.1, 0.15) is 12.4 Å². The van der Waals surface area contributed by atoms with E-state index in [0.29, 0.717) is 17.9 Å². The van der Waals surface area contributed by atoms with Gasteiger partial charge in [0.15, 0.2) is 5.84 Å². The Labute approximate surface area is 125 Å². The van der Waals surface area contributed by atoms with Gasteiger partial charge < -0.3 is 21.0 Å². The number of rotatable bonds is 9. The first-order valence-corrected chi connectivity index (χ1v) is 7.14. The van der Waals surface area contributed by atoms with Gasteiger partial charge in [-0.1, -0.05) is 37.4 Å². The van der Waals surface area contributed by atoms with E-state index in [4.69, 9.17) is 15.7 Å². The van der Waals surface area contributed by atoms with Gasteiger partial charge in [-0.15, -0.1) is 0 Å². The lowest BCUT2D eigenvalue weighted by atomic mass is 10.1. The number of nitrogens with zero attached hydrogens (tertiary/aromatic N) is 1. The third kappa shape index (κ3) is 7.20. The molecule has 6 heteroatoms. The van der Waals surface area contributed by atoms with Crippen LogP contribution < -0.4 is 15.8 Å². The maximum absolute atomic E-state index is 11.8. The maximum atomic E-state index is 11.8. The number of hydrogen-bond donors (Lipinski definition) is 3. The smallest absolute Gasteiger partial charge is 0.224 e. The van der Waals surface area contributed by atoms with Crippen LogP contribution in [-0.4, -0.2) is 23.6 Å². The summed E-state index contributed by atoms with van der Waals surface area (Å²) >= 11 is 0. The molecule has 0 bridgehead atoms. The van der Waals surface area contributed by atoms with Crippen LogP contribution in [-0.2, 0) is 4.79 Å². The summed E-state index contributed by atoms with van der Waals surface area (Å²) in [6.45, 7) is 2.13. The molecule has 1 rings (SSSR count). The topological polar surface area (TPSA) is 96.9 Å². The van der Waals surface area contributed by atoms with Gasteiger partial charge in [-0.2, -0.15) is 0 Å². The number of ether oxygens (including phenoxy) is 1. The number of nitrogens with one attached hydrogen (secondary N) is 1. The number of hydrogen-bond acceptors (Lipinski definition) is 4. The number of amides is 1. The standard InChI is InChI=1S/C15H23N3O3/c1-2-3-4-5-9-15(19)17-12-7-6-8-13(10-12)21-11-14(16)18-20/h6-8,10,20H,2-5,9,11H2,1H3,(H2,16,18)(H,17,19). The van der Waals surface area contributed by atoms with Gasteiger partial charge in [0.25, 0.3) is 0 Å². The third-order valence-corrected chi connectivity index (χ3v) is 2.89. The average Bonchev–Trinajstić information content (AvgIpc) is 2.49. The minimum Gasteiger partial charge on any atom is -0.485 e. The Bertz CT molecular complexity index is 475. The molecular weight excluding hydrogens is 270 g/mol. The molecule has 116 valence electrons. The van der Waals surface area contributed by atoms with Crippen molar-refractivity contribution < 1.29 is 14.7 Å². The molecule has 0 aliphatic rings. The number of unbranched alkanes of at least 4 members (excludes halogenated alkanes) is 3. The first-order valence-electron chi connectivity index (χ1n) is 7.14. The van der Waals surface area contributed by atoms with E-state index < -0.39 is 0 Å². The van der Waals surface area contributed by atoms with Gasteiger partial charge in [0, 0.05) is 18.2 Å². The lowest BCUT2D eigenvalue weighted by Crippen LogP contribution is -2.20. The van der Waals surface area contributed by atoms with E-state index >= 15 is 0 Å². The van der Waals surface area contributed by atoms with Gasteiger partial charge in [0.2, 0.25) is 5.91 Å². The van der Waals surface area contributed by atoms with Crippen molar-refractivity contribution in [2.75, 3.05) is 11.9 Å². The molecule has 0 aromatic heterocycles. The van der Waals surface area contributed by atoms with Crippen LogP contribution in [0, 0.1) is 0 Å². The van der Waals surface area contributed by atoms with Gasteiger partial charge >= 0.3 is 0 Å². The zero-order chi connectivity index (χ0) is 15.5. The molecule has 0 aliphatic carbocycles. The van der Waals surface area contributed by atoms with E-state index in [9.17, 15) is 4.79 Å². The second kappa shape index (κ2) is 9.63. The molecule has 1 aromatic rings. The molecule has 0 fully saturated rings. The van der Waals surface area contributed by atoms with Gasteiger partial charge in [-0.05, 0) is 18.6 Å². The minimum atomic E-state index is -0.0136. The summed E-state index contributed by atoms with van der Waals surface area (Å²) in [7, 11) is 0. The van der Waals surface area contributed by atoms with E-state index in [2.05, 4.69) is 17.4 Å². The van der Waals surface area contributed by atoms with Gasteiger partial charge in [0.05, 0.1) is 0 Å². The molecule has 0 unspecified atom stereocenters. The number of amidine groups is 1. The SMILES string of the molecule is CCCCCCC(=O)Nc1cccc(OC/C(N)=N/O)c1. The summed E-state index contributed by atoms with van der Waals surface area (Å²) in [5.41, 5.74) is 6.00. The molecule has 21 heavy (non-hydrogen) atoms. The second-order valence-corrected chi connectivity index (χ2v) is 4.77. The molecule has 6 nitrogen and oxygen atoms in total. The van der Waals surface area contributed by atoms with E-state index in [1.165, 1.54) is 0 Å². The maximum Gasteiger partial charge on any atom is 0.224 e. The van der Waals surface area contributed by atoms with Crippen LogP contribution >= 0.6 is 0 Å². The molecule has 0 heterocycles. The summed E-state index contributed by atoms with van der Waals surface area (Å²) in [6.07, 6.45) is 4.81. The average molecular weight is 293 g/mol. The van der Waals surface area contributed by atoms with Crippen molar-refractivity contribution in [3.8, 4) is 5.75 Å². The number of oxime groups is 1. The number of carbonyl (C=O) groups is 1. The van der Waals surface area contributed by atoms with Crippen LogP contribution in [0.25, 0.3) is 0 Å². The largest absolute Gasteiger partial charge is 0.485 e.